The normalized spacial score (nSPS) is 17.2. The van der Waals surface area contributed by atoms with Crippen molar-refractivity contribution in [2.24, 2.45) is 5.92 Å². The van der Waals surface area contributed by atoms with Gasteiger partial charge in [0, 0.05) is 38.2 Å². The van der Waals surface area contributed by atoms with E-state index < -0.39 is 0 Å². The Morgan fingerprint density at radius 3 is 2.94 bits per heavy atom. The van der Waals surface area contributed by atoms with Crippen LogP contribution in [0, 0.1) is 5.92 Å². The Hall–Kier alpha value is -0.830. The largest absolute Gasteiger partial charge is 0.331 e. The Bertz CT molecular complexity index is 354. The van der Waals surface area contributed by atoms with Crippen LogP contribution in [0.15, 0.2) is 0 Å². The number of imidazole rings is 1. The second kappa shape index (κ2) is 5.00. The average Bonchev–Trinajstić information content (AvgIpc) is 2.67. The van der Waals surface area contributed by atoms with Crippen LogP contribution in [0.2, 0.25) is 0 Å². The lowest BCUT2D eigenvalue weighted by Gasteiger charge is -2.18. The van der Waals surface area contributed by atoms with Crippen LogP contribution in [-0.4, -0.2) is 16.1 Å². The first-order valence-corrected chi connectivity index (χ1v) is 6.54. The molecule has 0 fully saturated rings. The summed E-state index contributed by atoms with van der Waals surface area (Å²) in [5.41, 5.74) is 2.77. The van der Waals surface area contributed by atoms with Crippen molar-refractivity contribution in [1.29, 1.82) is 0 Å². The van der Waals surface area contributed by atoms with Crippen molar-refractivity contribution in [2.75, 3.05) is 6.54 Å². The third-order valence-electron chi connectivity index (χ3n) is 3.57. The SMILES string of the molecule is CCc1nc2c(n1CC(C)CC)CCNC2. The van der Waals surface area contributed by atoms with Crippen molar-refractivity contribution in [3.63, 3.8) is 0 Å². The molecule has 1 aromatic heterocycles. The molecular formula is C13H23N3. The van der Waals surface area contributed by atoms with Gasteiger partial charge in [0.1, 0.15) is 5.82 Å². The zero-order valence-corrected chi connectivity index (χ0v) is 10.7. The summed E-state index contributed by atoms with van der Waals surface area (Å²) in [6.07, 6.45) is 3.43. The van der Waals surface area contributed by atoms with E-state index >= 15 is 0 Å². The van der Waals surface area contributed by atoms with Gasteiger partial charge >= 0.3 is 0 Å². The molecule has 1 aliphatic heterocycles. The van der Waals surface area contributed by atoms with Crippen molar-refractivity contribution in [3.05, 3.63) is 17.2 Å². The van der Waals surface area contributed by atoms with Crippen molar-refractivity contribution >= 4 is 0 Å². The number of rotatable bonds is 4. The van der Waals surface area contributed by atoms with E-state index in [1.165, 1.54) is 23.6 Å². The maximum absolute atomic E-state index is 4.76. The molecule has 90 valence electrons. The van der Waals surface area contributed by atoms with Gasteiger partial charge in [0.2, 0.25) is 0 Å². The molecule has 0 aromatic carbocycles. The Balaban J connectivity index is 2.29. The molecule has 2 rings (SSSR count). The zero-order chi connectivity index (χ0) is 11.5. The number of nitrogens with one attached hydrogen (secondary N) is 1. The number of nitrogens with zero attached hydrogens (tertiary/aromatic N) is 2. The molecule has 16 heavy (non-hydrogen) atoms. The monoisotopic (exact) mass is 221 g/mol. The van der Waals surface area contributed by atoms with Gasteiger partial charge in [0.05, 0.1) is 5.69 Å². The number of hydrogen-bond donors (Lipinski definition) is 1. The van der Waals surface area contributed by atoms with Crippen molar-refractivity contribution in [3.8, 4) is 0 Å². The molecule has 1 unspecified atom stereocenters. The van der Waals surface area contributed by atoms with Crippen LogP contribution in [0.5, 0.6) is 0 Å². The average molecular weight is 221 g/mol. The molecule has 0 amide bonds. The molecule has 1 aliphatic rings. The summed E-state index contributed by atoms with van der Waals surface area (Å²) in [4.78, 5) is 4.76. The van der Waals surface area contributed by atoms with E-state index in [0.29, 0.717) is 0 Å². The van der Waals surface area contributed by atoms with Crippen LogP contribution >= 0.6 is 0 Å². The first kappa shape index (κ1) is 11.6. The van der Waals surface area contributed by atoms with Crippen LogP contribution in [0.1, 0.15) is 44.4 Å². The predicted octanol–water partition coefficient (Wildman–Crippen LogP) is 2.14. The number of hydrogen-bond acceptors (Lipinski definition) is 2. The molecule has 2 heterocycles. The molecule has 3 heteroatoms. The summed E-state index contributed by atoms with van der Waals surface area (Å²) in [5, 5.41) is 3.40. The molecule has 0 spiro atoms. The lowest BCUT2D eigenvalue weighted by Crippen LogP contribution is -2.25. The summed E-state index contributed by atoms with van der Waals surface area (Å²) in [6, 6.07) is 0. The first-order chi connectivity index (χ1) is 7.76. The predicted molar refractivity (Wildman–Crippen MR) is 66.5 cm³/mol. The van der Waals surface area contributed by atoms with E-state index in [-0.39, 0.29) is 0 Å². The highest BCUT2D eigenvalue weighted by Crippen LogP contribution is 2.19. The van der Waals surface area contributed by atoms with Gasteiger partial charge in [-0.3, -0.25) is 0 Å². The van der Waals surface area contributed by atoms with Gasteiger partial charge in [-0.25, -0.2) is 4.98 Å². The second-order valence-electron chi connectivity index (χ2n) is 4.83. The van der Waals surface area contributed by atoms with Gasteiger partial charge in [-0.1, -0.05) is 27.2 Å². The van der Waals surface area contributed by atoms with Crippen LogP contribution in [0.4, 0.5) is 0 Å². The van der Waals surface area contributed by atoms with E-state index in [4.69, 9.17) is 4.98 Å². The van der Waals surface area contributed by atoms with Gasteiger partial charge in [0.25, 0.3) is 0 Å². The quantitative estimate of drug-likeness (QED) is 0.844. The number of aromatic nitrogens is 2. The molecule has 1 aromatic rings. The van der Waals surface area contributed by atoms with Crippen LogP contribution in [0.25, 0.3) is 0 Å². The minimum Gasteiger partial charge on any atom is -0.331 e. The molecule has 3 nitrogen and oxygen atoms in total. The summed E-state index contributed by atoms with van der Waals surface area (Å²) in [6.45, 7) is 9.99. The highest BCUT2D eigenvalue weighted by molar-refractivity contribution is 5.20. The molecule has 0 aliphatic carbocycles. The van der Waals surface area contributed by atoms with E-state index in [2.05, 4.69) is 30.7 Å². The molecule has 1 atom stereocenters. The van der Waals surface area contributed by atoms with Crippen molar-refractivity contribution < 1.29 is 0 Å². The smallest absolute Gasteiger partial charge is 0.108 e. The highest BCUT2D eigenvalue weighted by Gasteiger charge is 2.19. The van der Waals surface area contributed by atoms with E-state index in [1.807, 2.05) is 0 Å². The highest BCUT2D eigenvalue weighted by atomic mass is 15.1. The fourth-order valence-electron chi connectivity index (χ4n) is 2.35. The topological polar surface area (TPSA) is 29.9 Å². The third-order valence-corrected chi connectivity index (χ3v) is 3.57. The minimum absolute atomic E-state index is 0.749. The fourth-order valence-corrected chi connectivity index (χ4v) is 2.35. The molecule has 0 saturated carbocycles. The van der Waals surface area contributed by atoms with E-state index in [0.717, 1.165) is 38.4 Å². The van der Waals surface area contributed by atoms with Crippen molar-refractivity contribution in [2.45, 2.75) is 53.1 Å². The Morgan fingerprint density at radius 1 is 1.44 bits per heavy atom. The lowest BCUT2D eigenvalue weighted by atomic mass is 10.1. The minimum atomic E-state index is 0.749. The molecule has 1 N–H and O–H groups in total. The Labute approximate surface area is 98.3 Å². The first-order valence-electron chi connectivity index (χ1n) is 6.54. The van der Waals surface area contributed by atoms with Crippen LogP contribution < -0.4 is 5.32 Å². The summed E-state index contributed by atoms with van der Waals surface area (Å²) < 4.78 is 2.48. The molecule has 0 radical (unpaired) electrons. The van der Waals surface area contributed by atoms with Crippen molar-refractivity contribution in [1.82, 2.24) is 14.9 Å². The van der Waals surface area contributed by atoms with Gasteiger partial charge in [-0.05, 0) is 5.92 Å². The van der Waals surface area contributed by atoms with E-state index in [1.54, 1.807) is 0 Å². The number of aryl methyl sites for hydroxylation is 1. The zero-order valence-electron chi connectivity index (χ0n) is 10.7. The van der Waals surface area contributed by atoms with Gasteiger partial charge in [-0.2, -0.15) is 0 Å². The molecule has 0 bridgehead atoms. The fraction of sp³-hybridized carbons (Fsp3) is 0.769. The number of fused-ring (bicyclic) bond motifs is 1. The van der Waals surface area contributed by atoms with Gasteiger partial charge < -0.3 is 9.88 Å². The maximum Gasteiger partial charge on any atom is 0.108 e. The summed E-state index contributed by atoms with van der Waals surface area (Å²) >= 11 is 0. The Kier molecular flexibility index (Phi) is 3.64. The summed E-state index contributed by atoms with van der Waals surface area (Å²) in [7, 11) is 0. The Morgan fingerprint density at radius 2 is 2.25 bits per heavy atom. The standard InChI is InChI=1S/C13H23N3/c1-4-10(3)9-16-12-6-7-14-8-11(12)15-13(16)5-2/h10,14H,4-9H2,1-3H3. The molecule has 0 saturated heterocycles. The third kappa shape index (κ3) is 2.14. The molecular weight excluding hydrogens is 198 g/mol. The maximum atomic E-state index is 4.76. The second-order valence-corrected chi connectivity index (χ2v) is 4.83. The van der Waals surface area contributed by atoms with Crippen LogP contribution in [-0.2, 0) is 25.9 Å². The van der Waals surface area contributed by atoms with Gasteiger partial charge in [-0.15, -0.1) is 0 Å². The van der Waals surface area contributed by atoms with Crippen LogP contribution in [0.3, 0.4) is 0 Å². The summed E-state index contributed by atoms with van der Waals surface area (Å²) in [5.74, 6) is 2.02. The van der Waals surface area contributed by atoms with E-state index in [9.17, 15) is 0 Å². The van der Waals surface area contributed by atoms with Gasteiger partial charge in [0.15, 0.2) is 0 Å². The lowest BCUT2D eigenvalue weighted by molar-refractivity contribution is 0.444.